The van der Waals surface area contributed by atoms with Gasteiger partial charge in [-0.15, -0.1) is 0 Å². The summed E-state index contributed by atoms with van der Waals surface area (Å²) in [5.41, 5.74) is 29.8. The lowest BCUT2D eigenvalue weighted by Crippen LogP contribution is -2.19. The van der Waals surface area contributed by atoms with E-state index in [4.69, 9.17) is 19.9 Å². The van der Waals surface area contributed by atoms with Gasteiger partial charge < -0.3 is 59.5 Å². The largest absolute Gasteiger partial charge is 0.335 e. The average Bonchev–Trinajstić information content (AvgIpc) is 1.62. The number of anilines is 4. The summed E-state index contributed by atoms with van der Waals surface area (Å²) in [5, 5.41) is 46.1. The fourth-order valence-electron chi connectivity index (χ4n) is 17.5. The van der Waals surface area contributed by atoms with Crippen LogP contribution in [0.3, 0.4) is 0 Å². The second-order valence-electron chi connectivity index (χ2n) is 37.4. The number of amides is 4. The van der Waals surface area contributed by atoms with Gasteiger partial charge >= 0.3 is 0 Å². The van der Waals surface area contributed by atoms with E-state index in [1.54, 1.807) is 124 Å². The van der Waals surface area contributed by atoms with Gasteiger partial charge in [0.15, 0.2) is 23.3 Å². The van der Waals surface area contributed by atoms with Gasteiger partial charge in [0.25, 0.3) is 0 Å². The third kappa shape index (κ3) is 19.7. The van der Waals surface area contributed by atoms with Crippen molar-refractivity contribution in [3.8, 4) is 113 Å². The van der Waals surface area contributed by atoms with Crippen molar-refractivity contribution in [1.82, 2.24) is 159 Å². The van der Waals surface area contributed by atoms with E-state index in [1.165, 1.54) is 0 Å². The Labute approximate surface area is 836 Å². The number of unbranched alkanes of at least 4 members (excludes halogenated alkanes) is 1. The zero-order valence-electron chi connectivity index (χ0n) is 81.2. The number of imidazole rings is 8. The van der Waals surface area contributed by atoms with E-state index in [0.717, 1.165) is 210 Å². The molecule has 12 N–H and O–H groups in total. The maximum Gasteiger partial charge on any atom is 0.227 e. The second-order valence-corrected chi connectivity index (χ2v) is 37.4. The first-order chi connectivity index (χ1) is 71.5. The fraction of sp³-hybridized carbons (Fsp3) is 0.178. The first-order valence-electron chi connectivity index (χ1n) is 47.9. The molecule has 20 heterocycles. The Morgan fingerprint density at radius 3 is 0.884 bits per heavy atom. The van der Waals surface area contributed by atoms with E-state index < -0.39 is 0 Å². The van der Waals surface area contributed by atoms with Crippen LogP contribution in [0.15, 0.2) is 246 Å². The molecule has 0 aliphatic heterocycles. The van der Waals surface area contributed by atoms with Crippen molar-refractivity contribution >= 4 is 134 Å². The van der Waals surface area contributed by atoms with Crippen LogP contribution in [0.4, 0.5) is 22.7 Å². The van der Waals surface area contributed by atoms with Crippen molar-refractivity contribution in [2.75, 3.05) is 21.3 Å². The summed E-state index contributed by atoms with van der Waals surface area (Å²) in [6.45, 7) is 17.9. The average molecular weight is 1950 g/mol. The summed E-state index contributed by atoms with van der Waals surface area (Å²) in [4.78, 5) is 134. The highest BCUT2D eigenvalue weighted by Crippen LogP contribution is 2.40. The van der Waals surface area contributed by atoms with Gasteiger partial charge in [-0.05, 0) is 154 Å². The van der Waals surface area contributed by atoms with Gasteiger partial charge in [0.05, 0.1) is 212 Å². The van der Waals surface area contributed by atoms with E-state index in [0.29, 0.717) is 88.1 Å². The SMILES string of the molecule is CCCC(=O)Nc1cncc(-c2ccc3[nH]nc(-c4nc5c(-n6cnc(C)c6)cncc5[nH]4)c3c2)c1.CCCCC(=O)Nc1cncc(-c2ccc3[nH]nc(-c4nc5c(-n6cnc(C)c6)cncc5[nH]4)c3c2)c1.Cc1cn(-c2cncc3[nH]c(-c4n[nH]c5ccc(-c6cncc(NC(=O)C7CC7)c6)cc45)nc23)cn1.Cc1cn(-c2cncc3[nH]c(-c4n[nH]c5ccc(-c6cncc(NC(=O)CC(C)(C)C)c6)cc45)nc23)cn1. The third-order valence-electron chi connectivity index (χ3n) is 24.9. The first kappa shape index (κ1) is 92.6. The Bertz CT molecular complexity index is 9130. The molecule has 1 aliphatic carbocycles. The molecule has 0 atom stereocenters. The molecule has 40 heteroatoms. The van der Waals surface area contributed by atoms with Crippen LogP contribution in [0.2, 0.25) is 0 Å². The number of nitrogens with zero attached hydrogens (tertiary/aromatic N) is 24. The summed E-state index contributed by atoms with van der Waals surface area (Å²) in [6.07, 6.45) is 48.6. The fourth-order valence-corrected chi connectivity index (χ4v) is 17.5. The molecule has 1 aliphatic rings. The van der Waals surface area contributed by atoms with E-state index in [1.807, 2.05) is 177 Å². The number of aryl methyl sites for hydroxylation is 4. The molecule has 0 bridgehead atoms. The molecule has 20 aromatic heterocycles. The minimum absolute atomic E-state index is 0.00188. The van der Waals surface area contributed by atoms with Crippen LogP contribution < -0.4 is 21.3 Å². The number of benzene rings is 4. The maximum atomic E-state index is 12.4. The highest BCUT2D eigenvalue weighted by molar-refractivity contribution is 6.03. The molecule has 40 nitrogen and oxygen atoms in total. The topological polar surface area (TPSA) is 520 Å². The molecule has 0 saturated heterocycles. The van der Waals surface area contributed by atoms with Gasteiger partial charge in [-0.3, -0.25) is 79.4 Å². The summed E-state index contributed by atoms with van der Waals surface area (Å²) in [7, 11) is 0. The van der Waals surface area contributed by atoms with Gasteiger partial charge in [-0.25, -0.2) is 39.9 Å². The Balaban J connectivity index is 0.000000111. The molecule has 728 valence electrons. The molecule has 0 spiro atoms. The minimum Gasteiger partial charge on any atom is -0.335 e. The second kappa shape index (κ2) is 39.2. The Kier molecular flexibility index (Phi) is 24.7. The number of aromatic nitrogens is 32. The van der Waals surface area contributed by atoms with E-state index in [-0.39, 0.29) is 35.0 Å². The molecule has 0 radical (unpaired) electrons. The van der Waals surface area contributed by atoms with E-state index in [2.05, 4.69) is 167 Å². The van der Waals surface area contributed by atoms with Crippen molar-refractivity contribution in [3.05, 3.63) is 269 Å². The first-order valence-corrected chi connectivity index (χ1v) is 47.9. The van der Waals surface area contributed by atoms with Crippen LogP contribution in [-0.4, -0.2) is 182 Å². The molecule has 0 unspecified atom stereocenters. The van der Waals surface area contributed by atoms with E-state index in [9.17, 15) is 19.2 Å². The third-order valence-corrected chi connectivity index (χ3v) is 24.9. The van der Waals surface area contributed by atoms with Crippen LogP contribution >= 0.6 is 0 Å². The number of H-pyrrole nitrogens is 8. The van der Waals surface area contributed by atoms with Gasteiger partial charge in [0, 0.05) is 119 Å². The Morgan fingerprint density at radius 1 is 0.327 bits per heavy atom. The molecule has 25 rings (SSSR count). The summed E-state index contributed by atoms with van der Waals surface area (Å²) in [5.74, 6) is 2.69. The summed E-state index contributed by atoms with van der Waals surface area (Å²) < 4.78 is 7.65. The molecule has 4 amide bonds. The lowest BCUT2D eigenvalue weighted by Gasteiger charge is -2.17. The zero-order chi connectivity index (χ0) is 101. The maximum absolute atomic E-state index is 12.4. The standard InChI is InChI=1S/C28H27N9O.C27H25N9O.C26H21N9O.C26H23N9O/c1-16-14-37(15-31-16)23-13-30-12-22-26(23)34-27(33-22)25-20-8-17(5-6-21(20)35-36-25)18-7-19(11-29-10-18)32-24(38)9-28(2,3)4;1-3-4-5-24(37)31-19-8-18(10-28-11-19)17-6-7-21-20(9-17)25(35-34-21)27-32-22-12-29-13-23(26(22)33-27)36-14-16(2)30-15-36;1-14-12-35(13-29-14)22-11-28-10-21-24(22)32-25(31-21)23-19-7-16(4-5-20(19)33-34-23)17-6-18(9-27-8-17)30-26(36)15-2-3-15;1-3-4-23(36)30-18-7-17(9-27-10-18)16-5-6-20-19(8-16)24(34-33-20)26-31-21-11-28-12-22(25(21)32-26)35-13-15(2)29-14-35/h5-8,10-15H,9H2,1-4H3,(H,32,38)(H,33,34)(H,35,36);6-15H,3-5H2,1-2H3,(H,31,37)(H,32,33)(H,34,35);4-13,15H,2-3H2,1H3,(H,30,36)(H,31,32)(H,33,34);5-14H,3-4H2,1-2H3,(H,30,36)(H,31,32)(H,33,34). The van der Waals surface area contributed by atoms with Gasteiger partial charge in [0.1, 0.15) is 44.8 Å². The van der Waals surface area contributed by atoms with E-state index >= 15 is 0 Å². The normalized spacial score (nSPS) is 12.0. The quantitative estimate of drug-likeness (QED) is 0.0283. The highest BCUT2D eigenvalue weighted by atomic mass is 16.2. The predicted molar refractivity (Wildman–Crippen MR) is 562 cm³/mol. The Morgan fingerprint density at radius 2 is 0.612 bits per heavy atom. The van der Waals surface area contributed by atoms with Crippen molar-refractivity contribution < 1.29 is 19.2 Å². The number of carbonyl (C=O) groups is 4. The molecule has 1 fully saturated rings. The number of nitrogens with one attached hydrogen (secondary N) is 12. The van der Waals surface area contributed by atoms with Crippen LogP contribution in [0, 0.1) is 39.0 Å². The molecule has 4 aromatic carbocycles. The number of fused-ring (bicyclic) bond motifs is 8. The van der Waals surface area contributed by atoms with Crippen molar-refractivity contribution in [3.63, 3.8) is 0 Å². The monoisotopic (exact) mass is 1950 g/mol. The number of pyridine rings is 8. The lowest BCUT2D eigenvalue weighted by atomic mass is 9.92. The molecular weight excluding hydrogens is 1850 g/mol. The molecular formula is C107H96N36O4. The minimum atomic E-state index is -0.0942. The number of aromatic amines is 8. The molecule has 147 heavy (non-hydrogen) atoms. The summed E-state index contributed by atoms with van der Waals surface area (Å²) in [6, 6.07) is 31.9. The van der Waals surface area contributed by atoms with Crippen LogP contribution in [-0.2, 0) is 19.2 Å². The number of hydrogen-bond acceptors (Lipinski definition) is 24. The van der Waals surface area contributed by atoms with Gasteiger partial charge in [-0.2, -0.15) is 20.4 Å². The summed E-state index contributed by atoms with van der Waals surface area (Å²) >= 11 is 0. The van der Waals surface area contributed by atoms with Crippen molar-refractivity contribution in [2.45, 2.75) is 114 Å². The smallest absolute Gasteiger partial charge is 0.227 e. The Hall–Kier alpha value is -19.4. The van der Waals surface area contributed by atoms with Crippen LogP contribution in [0.5, 0.6) is 0 Å². The number of hydrogen-bond donors (Lipinski definition) is 12. The lowest BCUT2D eigenvalue weighted by molar-refractivity contribution is -0.118. The van der Waals surface area contributed by atoms with Crippen molar-refractivity contribution in [1.29, 1.82) is 0 Å². The van der Waals surface area contributed by atoms with Gasteiger partial charge in [0.2, 0.25) is 23.6 Å². The number of rotatable bonds is 23. The number of carbonyl (C=O) groups excluding carboxylic acids is 4. The van der Waals surface area contributed by atoms with Crippen LogP contribution in [0.25, 0.3) is 201 Å². The zero-order valence-corrected chi connectivity index (χ0v) is 81.2. The molecule has 24 aromatic rings. The molecule has 1 saturated carbocycles. The van der Waals surface area contributed by atoms with Crippen LogP contribution in [0.1, 0.15) is 109 Å². The predicted octanol–water partition coefficient (Wildman–Crippen LogP) is 19.8. The van der Waals surface area contributed by atoms with Crippen molar-refractivity contribution in [2.24, 2.45) is 11.3 Å². The van der Waals surface area contributed by atoms with Gasteiger partial charge in [-0.1, -0.05) is 65.3 Å². The highest BCUT2D eigenvalue weighted by Gasteiger charge is 2.31.